The van der Waals surface area contributed by atoms with E-state index in [1.165, 1.54) is 0 Å². The van der Waals surface area contributed by atoms with Crippen molar-refractivity contribution >= 4 is 23.3 Å². The van der Waals surface area contributed by atoms with Crippen molar-refractivity contribution in [3.8, 4) is 0 Å². The van der Waals surface area contributed by atoms with Gasteiger partial charge in [-0.1, -0.05) is 11.6 Å². The first-order chi connectivity index (χ1) is 9.54. The summed E-state index contributed by atoms with van der Waals surface area (Å²) in [4.78, 5) is 19.7. The van der Waals surface area contributed by atoms with Gasteiger partial charge in [0.2, 0.25) is 5.91 Å². The molecule has 0 atom stereocenters. The highest BCUT2D eigenvalue weighted by Crippen LogP contribution is 2.12. The Morgan fingerprint density at radius 3 is 2.65 bits per heavy atom. The van der Waals surface area contributed by atoms with Crippen molar-refractivity contribution < 1.29 is 9.90 Å². The van der Waals surface area contributed by atoms with Gasteiger partial charge < -0.3 is 14.9 Å². The van der Waals surface area contributed by atoms with Gasteiger partial charge in [-0.15, -0.1) is 0 Å². The lowest BCUT2D eigenvalue weighted by Crippen LogP contribution is -2.37. The van der Waals surface area contributed by atoms with Crippen LogP contribution in [0.1, 0.15) is 19.3 Å². The molecular formula is C14H22ClN3O2. The average molecular weight is 300 g/mol. The van der Waals surface area contributed by atoms with E-state index < -0.39 is 0 Å². The number of rotatable bonds is 8. The molecule has 0 aliphatic heterocycles. The van der Waals surface area contributed by atoms with Gasteiger partial charge in [0.1, 0.15) is 5.82 Å². The van der Waals surface area contributed by atoms with E-state index >= 15 is 0 Å². The number of aromatic nitrogens is 1. The first kappa shape index (κ1) is 16.7. The molecule has 20 heavy (non-hydrogen) atoms. The minimum Gasteiger partial charge on any atom is -0.396 e. The largest absolute Gasteiger partial charge is 0.396 e. The summed E-state index contributed by atoms with van der Waals surface area (Å²) in [7, 11) is 3.62. The average Bonchev–Trinajstić information content (AvgIpc) is 2.44. The number of halogens is 1. The van der Waals surface area contributed by atoms with Gasteiger partial charge in [-0.2, -0.15) is 0 Å². The van der Waals surface area contributed by atoms with Crippen LogP contribution < -0.4 is 4.90 Å². The highest BCUT2D eigenvalue weighted by Gasteiger charge is 2.12. The molecule has 0 saturated carbocycles. The zero-order chi connectivity index (χ0) is 15.0. The van der Waals surface area contributed by atoms with Crippen LogP contribution in [0.25, 0.3) is 0 Å². The van der Waals surface area contributed by atoms with Crippen LogP contribution >= 0.6 is 11.6 Å². The van der Waals surface area contributed by atoms with Crippen molar-refractivity contribution in [1.29, 1.82) is 0 Å². The molecule has 1 amide bonds. The van der Waals surface area contributed by atoms with Crippen molar-refractivity contribution in [3.05, 3.63) is 23.4 Å². The highest BCUT2D eigenvalue weighted by molar-refractivity contribution is 6.30. The molecule has 0 spiro atoms. The summed E-state index contributed by atoms with van der Waals surface area (Å²) < 4.78 is 0. The summed E-state index contributed by atoms with van der Waals surface area (Å²) in [5.41, 5.74) is 0. The van der Waals surface area contributed by atoms with Gasteiger partial charge in [-0.05, 0) is 31.4 Å². The number of likely N-dealkylation sites (N-methyl/N-ethyl adjacent to an activating group) is 2. The molecule has 0 fully saturated rings. The Morgan fingerprint density at radius 1 is 1.30 bits per heavy atom. The molecule has 0 bridgehead atoms. The van der Waals surface area contributed by atoms with Crippen LogP contribution in [0.3, 0.4) is 0 Å². The summed E-state index contributed by atoms with van der Waals surface area (Å²) in [6, 6.07) is 3.54. The van der Waals surface area contributed by atoms with E-state index in [4.69, 9.17) is 16.7 Å². The summed E-state index contributed by atoms with van der Waals surface area (Å²) in [6.45, 7) is 1.20. The first-order valence-electron chi connectivity index (χ1n) is 6.72. The van der Waals surface area contributed by atoms with Crippen LogP contribution in [0.2, 0.25) is 5.02 Å². The molecular weight excluding hydrogens is 278 g/mol. The summed E-state index contributed by atoms with van der Waals surface area (Å²) >= 11 is 5.78. The number of amides is 1. The molecule has 1 aromatic heterocycles. The fourth-order valence-electron chi connectivity index (χ4n) is 1.76. The predicted molar refractivity (Wildman–Crippen MR) is 81.1 cm³/mol. The van der Waals surface area contributed by atoms with Crippen LogP contribution in [-0.4, -0.2) is 54.7 Å². The Bertz CT molecular complexity index is 411. The number of carbonyl (C=O) groups excluding carboxylic acids is 1. The molecule has 0 aliphatic carbocycles. The fourth-order valence-corrected chi connectivity index (χ4v) is 1.87. The van der Waals surface area contributed by atoms with Crippen molar-refractivity contribution in [2.45, 2.75) is 19.3 Å². The van der Waals surface area contributed by atoms with Gasteiger partial charge >= 0.3 is 0 Å². The van der Waals surface area contributed by atoms with Gasteiger partial charge in [-0.3, -0.25) is 4.79 Å². The molecule has 0 aliphatic rings. The maximum atomic E-state index is 12.0. The maximum Gasteiger partial charge on any atom is 0.241 e. The second-order valence-corrected chi connectivity index (χ2v) is 5.23. The van der Waals surface area contributed by atoms with Crippen LogP contribution in [0.5, 0.6) is 0 Å². The Balaban J connectivity index is 2.38. The van der Waals surface area contributed by atoms with E-state index in [-0.39, 0.29) is 19.1 Å². The molecule has 5 nitrogen and oxygen atoms in total. The summed E-state index contributed by atoms with van der Waals surface area (Å²) in [5, 5.41) is 9.28. The van der Waals surface area contributed by atoms with Gasteiger partial charge in [0.25, 0.3) is 0 Å². The molecule has 1 aromatic rings. The minimum atomic E-state index is 0.0493. The lowest BCUT2D eigenvalue weighted by molar-refractivity contribution is -0.128. The monoisotopic (exact) mass is 299 g/mol. The number of carbonyl (C=O) groups is 1. The molecule has 1 N–H and O–H groups in total. The SMILES string of the molecule is CN(CCCCCO)C(=O)CN(C)c1ccc(Cl)cn1. The molecule has 1 rings (SSSR count). The number of anilines is 1. The van der Waals surface area contributed by atoms with E-state index in [1.54, 1.807) is 35.2 Å². The molecule has 0 saturated heterocycles. The van der Waals surface area contributed by atoms with Gasteiger partial charge in [0.05, 0.1) is 11.6 Å². The van der Waals surface area contributed by atoms with Crippen molar-refractivity contribution in [1.82, 2.24) is 9.88 Å². The Labute approximate surface area is 125 Å². The van der Waals surface area contributed by atoms with E-state index in [0.717, 1.165) is 25.1 Å². The number of aliphatic hydroxyl groups excluding tert-OH is 1. The smallest absolute Gasteiger partial charge is 0.241 e. The quantitative estimate of drug-likeness (QED) is 0.744. The predicted octanol–water partition coefficient (Wildman–Crippen LogP) is 1.79. The Morgan fingerprint density at radius 2 is 2.05 bits per heavy atom. The number of nitrogens with zero attached hydrogens (tertiary/aromatic N) is 3. The van der Waals surface area contributed by atoms with Crippen molar-refractivity contribution in [2.75, 3.05) is 38.7 Å². The second kappa shape index (κ2) is 8.76. The topological polar surface area (TPSA) is 56.7 Å². The van der Waals surface area contributed by atoms with Gasteiger partial charge in [-0.25, -0.2) is 4.98 Å². The highest BCUT2D eigenvalue weighted by atomic mass is 35.5. The number of hydrogen-bond donors (Lipinski definition) is 1. The third-order valence-electron chi connectivity index (χ3n) is 3.05. The molecule has 0 aromatic carbocycles. The van der Waals surface area contributed by atoms with E-state index in [0.29, 0.717) is 11.6 Å². The van der Waals surface area contributed by atoms with Crippen molar-refractivity contribution in [3.63, 3.8) is 0 Å². The maximum absolute atomic E-state index is 12.0. The molecule has 6 heteroatoms. The van der Waals surface area contributed by atoms with Crippen LogP contribution in [-0.2, 0) is 4.79 Å². The van der Waals surface area contributed by atoms with Crippen LogP contribution in [0, 0.1) is 0 Å². The lowest BCUT2D eigenvalue weighted by Gasteiger charge is -2.22. The number of aliphatic hydroxyl groups is 1. The third kappa shape index (κ3) is 5.75. The van der Waals surface area contributed by atoms with E-state index in [2.05, 4.69) is 4.98 Å². The molecule has 0 unspecified atom stereocenters. The second-order valence-electron chi connectivity index (χ2n) is 4.79. The zero-order valence-corrected chi connectivity index (χ0v) is 12.8. The van der Waals surface area contributed by atoms with Gasteiger partial charge in [0, 0.05) is 33.4 Å². The number of hydrogen-bond acceptors (Lipinski definition) is 4. The molecule has 112 valence electrons. The fraction of sp³-hybridized carbons (Fsp3) is 0.571. The normalized spacial score (nSPS) is 10.4. The molecule has 0 radical (unpaired) electrons. The summed E-state index contributed by atoms with van der Waals surface area (Å²) in [6.07, 6.45) is 4.20. The van der Waals surface area contributed by atoms with Crippen LogP contribution in [0.4, 0.5) is 5.82 Å². The zero-order valence-electron chi connectivity index (χ0n) is 12.0. The standard InChI is InChI=1S/C14H22ClN3O2/c1-17(8-4-3-5-9-19)14(20)11-18(2)13-7-6-12(15)10-16-13/h6-7,10,19H,3-5,8-9,11H2,1-2H3. The third-order valence-corrected chi connectivity index (χ3v) is 3.28. The lowest BCUT2D eigenvalue weighted by atomic mass is 10.2. The Hall–Kier alpha value is -1.33. The molecule has 1 heterocycles. The summed E-state index contributed by atoms with van der Waals surface area (Å²) in [5.74, 6) is 0.768. The van der Waals surface area contributed by atoms with E-state index in [9.17, 15) is 4.79 Å². The first-order valence-corrected chi connectivity index (χ1v) is 7.10. The Kier molecular flexibility index (Phi) is 7.33. The van der Waals surface area contributed by atoms with Crippen LogP contribution in [0.15, 0.2) is 18.3 Å². The van der Waals surface area contributed by atoms with Gasteiger partial charge in [0.15, 0.2) is 0 Å². The number of unbranched alkanes of at least 4 members (excludes halogenated alkanes) is 2. The van der Waals surface area contributed by atoms with Crippen molar-refractivity contribution in [2.24, 2.45) is 0 Å². The number of pyridine rings is 1. The minimum absolute atomic E-state index is 0.0493. The van der Waals surface area contributed by atoms with E-state index in [1.807, 2.05) is 7.05 Å².